The highest BCUT2D eigenvalue weighted by molar-refractivity contribution is 6.39. The van der Waals surface area contributed by atoms with Crippen molar-refractivity contribution in [3.8, 4) is 28.7 Å². The number of rotatable bonds is 11. The predicted octanol–water partition coefficient (Wildman–Crippen LogP) is 6.28. The Hall–Kier alpha value is -5.48. The first-order chi connectivity index (χ1) is 21.8. The number of amides is 4. The van der Waals surface area contributed by atoms with Gasteiger partial charge in [-0.15, -0.1) is 0 Å². The van der Waals surface area contributed by atoms with Crippen LogP contribution in [-0.4, -0.2) is 36.7 Å². The van der Waals surface area contributed by atoms with Gasteiger partial charge < -0.3 is 24.1 Å². The second kappa shape index (κ2) is 13.9. The summed E-state index contributed by atoms with van der Waals surface area (Å²) in [5.74, 6) is -0.0578. The van der Waals surface area contributed by atoms with E-state index < -0.39 is 17.8 Å². The number of barbiturate groups is 1. The first kappa shape index (κ1) is 31.0. The third-order valence-electron chi connectivity index (χ3n) is 6.70. The van der Waals surface area contributed by atoms with Crippen LogP contribution in [-0.2, 0) is 22.8 Å². The molecule has 0 bridgehead atoms. The van der Waals surface area contributed by atoms with Gasteiger partial charge in [0.2, 0.25) is 0 Å². The Morgan fingerprint density at radius 2 is 1.56 bits per heavy atom. The summed E-state index contributed by atoms with van der Waals surface area (Å²) in [6, 6.07) is 22.9. The molecular formula is C34H29ClN2O8. The van der Waals surface area contributed by atoms with E-state index in [1.807, 2.05) is 55.5 Å². The van der Waals surface area contributed by atoms with Gasteiger partial charge in [-0.25, -0.2) is 9.69 Å². The van der Waals surface area contributed by atoms with E-state index in [0.717, 1.165) is 16.0 Å². The van der Waals surface area contributed by atoms with Crippen molar-refractivity contribution in [3.63, 3.8) is 0 Å². The lowest BCUT2D eigenvalue weighted by Gasteiger charge is -2.26. The molecule has 0 atom stereocenters. The van der Waals surface area contributed by atoms with Crippen molar-refractivity contribution in [2.45, 2.75) is 20.1 Å². The summed E-state index contributed by atoms with van der Waals surface area (Å²) < 4.78 is 23.3. The molecule has 2 N–H and O–H groups in total. The normalized spacial score (nSPS) is 13.9. The fourth-order valence-electron chi connectivity index (χ4n) is 4.54. The maximum atomic E-state index is 13.2. The minimum Gasteiger partial charge on any atom is -0.508 e. The number of carbonyl (C=O) groups is 3. The highest BCUT2D eigenvalue weighted by atomic mass is 35.5. The molecule has 1 aliphatic heterocycles. The molecule has 0 aliphatic carbocycles. The molecule has 0 saturated carbocycles. The Morgan fingerprint density at radius 3 is 2.27 bits per heavy atom. The molecule has 0 unspecified atom stereocenters. The monoisotopic (exact) mass is 628 g/mol. The van der Waals surface area contributed by atoms with Crippen LogP contribution in [0.3, 0.4) is 0 Å². The van der Waals surface area contributed by atoms with Crippen LogP contribution < -0.4 is 29.2 Å². The Labute approximate surface area is 264 Å². The Bertz CT molecular complexity index is 1760. The second-order valence-electron chi connectivity index (χ2n) is 9.79. The molecule has 45 heavy (non-hydrogen) atoms. The molecule has 5 rings (SSSR count). The number of phenolic OH excluding ortho intramolecular Hbond substituents is 1. The number of halogens is 1. The molecule has 4 aromatic rings. The number of anilines is 1. The van der Waals surface area contributed by atoms with E-state index in [1.165, 1.54) is 43.5 Å². The highest BCUT2D eigenvalue weighted by Crippen LogP contribution is 2.38. The van der Waals surface area contributed by atoms with Gasteiger partial charge in [-0.05, 0) is 78.2 Å². The molecule has 1 aliphatic rings. The second-order valence-corrected chi connectivity index (χ2v) is 10.2. The van der Waals surface area contributed by atoms with Crippen molar-refractivity contribution >= 4 is 41.2 Å². The first-order valence-electron chi connectivity index (χ1n) is 13.9. The zero-order valence-electron chi connectivity index (χ0n) is 24.4. The van der Waals surface area contributed by atoms with E-state index in [1.54, 1.807) is 6.07 Å². The highest BCUT2D eigenvalue weighted by Gasteiger charge is 2.37. The molecule has 0 spiro atoms. The molecule has 4 amide bonds. The number of hydrogen-bond acceptors (Lipinski definition) is 8. The van der Waals surface area contributed by atoms with E-state index in [-0.39, 0.29) is 40.1 Å². The number of urea groups is 1. The number of aromatic hydroxyl groups is 1. The van der Waals surface area contributed by atoms with Crippen molar-refractivity contribution in [2.75, 3.05) is 18.6 Å². The SMILES string of the molecule is CCOc1cc(COc2c(Cl)cc(/C=C3/C(=O)NC(=O)N(c4ccc(O)cc4)C3=O)cc2OC)ccc1OCc1ccccc1. The van der Waals surface area contributed by atoms with Gasteiger partial charge in [0.15, 0.2) is 23.0 Å². The minimum atomic E-state index is -0.907. The van der Waals surface area contributed by atoms with Crippen molar-refractivity contribution in [3.05, 3.63) is 112 Å². The molecule has 0 radical (unpaired) electrons. The maximum absolute atomic E-state index is 13.2. The van der Waals surface area contributed by atoms with Gasteiger partial charge >= 0.3 is 6.03 Å². The summed E-state index contributed by atoms with van der Waals surface area (Å²) in [4.78, 5) is 39.1. The van der Waals surface area contributed by atoms with Crippen molar-refractivity contribution in [1.82, 2.24) is 5.32 Å². The summed E-state index contributed by atoms with van der Waals surface area (Å²) >= 11 is 6.59. The molecule has 1 fully saturated rings. The van der Waals surface area contributed by atoms with Crippen molar-refractivity contribution in [1.29, 1.82) is 0 Å². The van der Waals surface area contributed by atoms with E-state index in [9.17, 15) is 19.5 Å². The number of phenols is 1. The number of imide groups is 2. The fraction of sp³-hybridized carbons (Fsp3) is 0.147. The number of methoxy groups -OCH3 is 1. The Morgan fingerprint density at radius 1 is 0.822 bits per heavy atom. The molecule has 230 valence electrons. The van der Waals surface area contributed by atoms with Gasteiger partial charge in [-0.1, -0.05) is 48.0 Å². The number of hydrogen-bond donors (Lipinski definition) is 2. The largest absolute Gasteiger partial charge is 0.508 e. The van der Waals surface area contributed by atoms with E-state index in [4.69, 9.17) is 30.5 Å². The van der Waals surface area contributed by atoms with Gasteiger partial charge in [0, 0.05) is 0 Å². The average Bonchev–Trinajstić information content (AvgIpc) is 3.03. The van der Waals surface area contributed by atoms with Crippen molar-refractivity contribution in [2.24, 2.45) is 0 Å². The molecule has 1 saturated heterocycles. The van der Waals surface area contributed by atoms with Crippen LogP contribution in [0.2, 0.25) is 5.02 Å². The summed E-state index contributed by atoms with van der Waals surface area (Å²) in [6.07, 6.45) is 1.30. The maximum Gasteiger partial charge on any atom is 0.335 e. The number of nitrogens with zero attached hydrogens (tertiary/aromatic N) is 1. The third-order valence-corrected chi connectivity index (χ3v) is 6.98. The predicted molar refractivity (Wildman–Crippen MR) is 168 cm³/mol. The molecule has 1 heterocycles. The summed E-state index contributed by atoms with van der Waals surface area (Å²) in [5.41, 5.74) is 2.06. The Kier molecular flexibility index (Phi) is 9.54. The fourth-order valence-corrected chi connectivity index (χ4v) is 4.82. The third kappa shape index (κ3) is 7.19. The van der Waals surface area contributed by atoms with E-state index in [0.29, 0.717) is 30.3 Å². The smallest absolute Gasteiger partial charge is 0.335 e. The number of nitrogens with one attached hydrogen (secondary N) is 1. The number of ether oxygens (including phenoxy) is 4. The summed E-state index contributed by atoms with van der Waals surface area (Å²) in [7, 11) is 1.44. The lowest BCUT2D eigenvalue weighted by atomic mass is 10.1. The van der Waals surface area contributed by atoms with Gasteiger partial charge in [0.1, 0.15) is 24.5 Å². The average molecular weight is 629 g/mol. The van der Waals surface area contributed by atoms with Crippen LogP contribution in [0, 0.1) is 0 Å². The first-order valence-corrected chi connectivity index (χ1v) is 14.3. The summed E-state index contributed by atoms with van der Waals surface area (Å²) in [5, 5.41) is 11.9. The van der Waals surface area contributed by atoms with Crippen LogP contribution in [0.5, 0.6) is 28.7 Å². The van der Waals surface area contributed by atoms with Crippen molar-refractivity contribution < 1.29 is 38.4 Å². The molecular weight excluding hydrogens is 600 g/mol. The molecule has 4 aromatic carbocycles. The van der Waals surface area contributed by atoms with E-state index in [2.05, 4.69) is 5.32 Å². The standard InChI is InChI=1S/C34H29ClN2O8/c1-3-43-29-17-22(9-14-28(29)44-19-21-7-5-4-6-8-21)20-45-31-27(35)16-23(18-30(31)42-2)15-26-32(39)36-34(41)37(33(26)40)24-10-12-25(38)13-11-24/h4-18,38H,3,19-20H2,1-2H3,(H,36,39,41)/b26-15-. The van der Waals surface area contributed by atoms with Crippen LogP contribution in [0.1, 0.15) is 23.6 Å². The van der Waals surface area contributed by atoms with Gasteiger partial charge in [-0.2, -0.15) is 0 Å². The van der Waals surface area contributed by atoms with Crippen LogP contribution in [0.25, 0.3) is 6.08 Å². The molecule has 10 nitrogen and oxygen atoms in total. The van der Waals surface area contributed by atoms with Gasteiger partial charge in [0.25, 0.3) is 11.8 Å². The minimum absolute atomic E-state index is 0.0425. The van der Waals surface area contributed by atoms with Crippen LogP contribution in [0.15, 0.2) is 90.5 Å². The lowest BCUT2D eigenvalue weighted by molar-refractivity contribution is -0.122. The van der Waals surface area contributed by atoms with Crippen LogP contribution in [0.4, 0.5) is 10.5 Å². The topological polar surface area (TPSA) is 124 Å². The van der Waals surface area contributed by atoms with Crippen LogP contribution >= 0.6 is 11.6 Å². The number of benzene rings is 4. The zero-order valence-corrected chi connectivity index (χ0v) is 25.2. The Balaban J connectivity index is 1.34. The van der Waals surface area contributed by atoms with Gasteiger partial charge in [0.05, 0.1) is 24.4 Å². The lowest BCUT2D eigenvalue weighted by Crippen LogP contribution is -2.54. The molecule has 0 aromatic heterocycles. The van der Waals surface area contributed by atoms with Gasteiger partial charge in [-0.3, -0.25) is 14.9 Å². The number of carbonyl (C=O) groups excluding carboxylic acids is 3. The quantitative estimate of drug-likeness (QED) is 0.147. The zero-order chi connectivity index (χ0) is 31.9. The van der Waals surface area contributed by atoms with E-state index >= 15 is 0 Å². The molecule has 11 heteroatoms. The summed E-state index contributed by atoms with van der Waals surface area (Å²) in [6.45, 7) is 2.85.